The van der Waals surface area contributed by atoms with Crippen molar-refractivity contribution >= 4 is 0 Å². The third-order valence-electron chi connectivity index (χ3n) is 13.3. The molecule has 0 aromatic heterocycles. The molecule has 0 heterocycles. The lowest BCUT2D eigenvalue weighted by atomic mass is 9.34. The summed E-state index contributed by atoms with van der Waals surface area (Å²) in [6.45, 7) is 23.7. The van der Waals surface area contributed by atoms with Gasteiger partial charge in [-0.25, -0.2) is 0 Å². The summed E-state index contributed by atoms with van der Waals surface area (Å²) in [5, 5.41) is 0. The van der Waals surface area contributed by atoms with Crippen LogP contribution in [0.1, 0.15) is 127 Å². The zero-order chi connectivity index (χ0) is 22.7. The van der Waals surface area contributed by atoms with Gasteiger partial charge in [0.05, 0.1) is 0 Å². The molecule has 4 fully saturated rings. The highest BCUT2D eigenvalue weighted by molar-refractivity contribution is 5.34. The number of allylic oxidation sites excluding steroid dienone is 2. The van der Waals surface area contributed by atoms with Crippen LogP contribution in [0.15, 0.2) is 11.6 Å². The van der Waals surface area contributed by atoms with Gasteiger partial charge in [-0.05, 0) is 120 Å². The van der Waals surface area contributed by atoms with Crippen LogP contribution in [-0.4, -0.2) is 0 Å². The van der Waals surface area contributed by atoms with E-state index in [4.69, 9.17) is 0 Å². The standard InChI is InChI=1S/C31H52/c1-21-10-15-29(7)22(27(21,4)5)12-16-30(8)23-11-14-28(6)19-18-26(2,3)20-25(28)31(23,9)17-13-24(29)30/h11,21-22,24-25H,10,12-20H2,1-9H3/t21-,22-,24+,25-,28-,29-,30-,31-/m0/s1. The summed E-state index contributed by atoms with van der Waals surface area (Å²) in [7, 11) is 0. The molecule has 4 saturated carbocycles. The Labute approximate surface area is 194 Å². The van der Waals surface area contributed by atoms with E-state index in [0.717, 1.165) is 23.7 Å². The second-order valence-electron chi connectivity index (χ2n) is 15.7. The van der Waals surface area contributed by atoms with E-state index in [-0.39, 0.29) is 0 Å². The minimum absolute atomic E-state index is 0.441. The van der Waals surface area contributed by atoms with Crippen LogP contribution in [-0.2, 0) is 0 Å². The van der Waals surface area contributed by atoms with Gasteiger partial charge in [-0.3, -0.25) is 0 Å². The second kappa shape index (κ2) is 6.44. The molecule has 0 radical (unpaired) electrons. The van der Waals surface area contributed by atoms with E-state index >= 15 is 0 Å². The van der Waals surface area contributed by atoms with Gasteiger partial charge >= 0.3 is 0 Å². The van der Waals surface area contributed by atoms with E-state index in [1.165, 1.54) is 64.2 Å². The van der Waals surface area contributed by atoms with E-state index in [1.54, 1.807) is 0 Å². The molecule has 0 aliphatic heterocycles. The molecule has 5 aliphatic carbocycles. The van der Waals surface area contributed by atoms with E-state index in [0.29, 0.717) is 32.5 Å². The molecule has 0 N–H and O–H groups in total. The lowest BCUT2D eigenvalue weighted by Crippen LogP contribution is -2.62. The van der Waals surface area contributed by atoms with Gasteiger partial charge in [-0.1, -0.05) is 74.0 Å². The Bertz CT molecular complexity index is 784. The maximum atomic E-state index is 2.83. The van der Waals surface area contributed by atoms with Gasteiger partial charge < -0.3 is 0 Å². The fraction of sp³-hybridized carbons (Fsp3) is 0.935. The van der Waals surface area contributed by atoms with Crippen LogP contribution in [0.5, 0.6) is 0 Å². The maximum absolute atomic E-state index is 2.83. The average Bonchev–Trinajstić information content (AvgIpc) is 2.66. The fourth-order valence-electron chi connectivity index (χ4n) is 11.0. The summed E-state index contributed by atoms with van der Waals surface area (Å²) >= 11 is 0. The Morgan fingerprint density at radius 1 is 0.677 bits per heavy atom. The Balaban J connectivity index is 1.56. The van der Waals surface area contributed by atoms with Crippen LogP contribution in [0.2, 0.25) is 0 Å². The first kappa shape index (κ1) is 22.5. The van der Waals surface area contributed by atoms with Gasteiger partial charge in [0, 0.05) is 0 Å². The fourth-order valence-corrected chi connectivity index (χ4v) is 11.0. The molecule has 0 saturated heterocycles. The Morgan fingerprint density at radius 2 is 1.29 bits per heavy atom. The molecule has 0 aromatic carbocycles. The SMILES string of the molecule is C[C@H]1CC[C@]2(C)[C@H]3CC[C@@]4(C)C(=CC[C@@]5(C)CCC(C)(C)C[C@@H]54)[C@]3(C)CC[C@H]2C1(C)C. The molecule has 0 unspecified atom stereocenters. The first-order chi connectivity index (χ1) is 14.2. The van der Waals surface area contributed by atoms with Crippen molar-refractivity contribution in [1.82, 2.24) is 0 Å². The zero-order valence-corrected chi connectivity index (χ0v) is 22.5. The highest BCUT2D eigenvalue weighted by Gasteiger charge is 2.66. The van der Waals surface area contributed by atoms with Gasteiger partial charge in [0.15, 0.2) is 0 Å². The molecule has 0 bridgehead atoms. The second-order valence-corrected chi connectivity index (χ2v) is 15.7. The van der Waals surface area contributed by atoms with Crippen molar-refractivity contribution in [2.75, 3.05) is 0 Å². The van der Waals surface area contributed by atoms with Crippen molar-refractivity contribution in [3.05, 3.63) is 11.6 Å². The third-order valence-corrected chi connectivity index (χ3v) is 13.3. The lowest BCUT2D eigenvalue weighted by molar-refractivity contribution is -0.167. The van der Waals surface area contributed by atoms with Gasteiger partial charge in [0.25, 0.3) is 0 Å². The quantitative estimate of drug-likeness (QED) is 0.340. The van der Waals surface area contributed by atoms with Crippen molar-refractivity contribution < 1.29 is 0 Å². The number of rotatable bonds is 0. The largest absolute Gasteiger partial charge is 0.0837 e. The predicted octanol–water partition coefficient (Wildman–Crippen LogP) is 9.44. The summed E-state index contributed by atoms with van der Waals surface area (Å²) in [6, 6.07) is 0. The molecule has 0 aromatic rings. The van der Waals surface area contributed by atoms with E-state index in [1.807, 2.05) is 5.57 Å². The lowest BCUT2D eigenvalue weighted by Gasteiger charge is -2.70. The smallest absolute Gasteiger partial charge is 0.00770 e. The van der Waals surface area contributed by atoms with E-state index < -0.39 is 0 Å². The van der Waals surface area contributed by atoms with Gasteiger partial charge in [-0.2, -0.15) is 0 Å². The minimum atomic E-state index is 0.441. The minimum Gasteiger partial charge on any atom is -0.0837 e. The molecular formula is C31H52. The van der Waals surface area contributed by atoms with E-state index in [2.05, 4.69) is 68.4 Å². The predicted molar refractivity (Wildman–Crippen MR) is 134 cm³/mol. The van der Waals surface area contributed by atoms with Crippen LogP contribution >= 0.6 is 0 Å². The van der Waals surface area contributed by atoms with Crippen molar-refractivity contribution in [3.8, 4) is 0 Å². The van der Waals surface area contributed by atoms with Crippen molar-refractivity contribution in [2.45, 2.75) is 127 Å². The molecule has 0 heteroatoms. The molecule has 0 amide bonds. The van der Waals surface area contributed by atoms with Gasteiger partial charge in [0.1, 0.15) is 0 Å². The molecule has 0 nitrogen and oxygen atoms in total. The number of fused-ring (bicyclic) bond motifs is 7. The first-order valence-corrected chi connectivity index (χ1v) is 13.9. The highest BCUT2D eigenvalue weighted by Crippen LogP contribution is 2.75. The molecular weight excluding hydrogens is 372 g/mol. The van der Waals surface area contributed by atoms with E-state index in [9.17, 15) is 0 Å². The van der Waals surface area contributed by atoms with Crippen LogP contribution in [0.25, 0.3) is 0 Å². The zero-order valence-electron chi connectivity index (χ0n) is 22.5. The molecule has 5 rings (SSSR count). The third kappa shape index (κ3) is 2.84. The normalized spacial score (nSPS) is 55.2. The topological polar surface area (TPSA) is 0 Å². The van der Waals surface area contributed by atoms with Crippen LogP contribution in [0, 0.1) is 56.2 Å². The Kier molecular flexibility index (Phi) is 4.68. The van der Waals surface area contributed by atoms with Gasteiger partial charge in [-0.15, -0.1) is 0 Å². The molecule has 0 spiro atoms. The number of hydrogen-bond acceptors (Lipinski definition) is 0. The molecule has 5 aliphatic rings. The summed E-state index contributed by atoms with van der Waals surface area (Å²) in [5.41, 5.74) is 4.93. The number of hydrogen-bond donors (Lipinski definition) is 0. The molecule has 176 valence electrons. The summed E-state index contributed by atoms with van der Waals surface area (Å²) in [5.74, 6) is 3.57. The first-order valence-electron chi connectivity index (χ1n) is 13.9. The van der Waals surface area contributed by atoms with Gasteiger partial charge in [0.2, 0.25) is 0 Å². The van der Waals surface area contributed by atoms with Crippen molar-refractivity contribution in [3.63, 3.8) is 0 Å². The van der Waals surface area contributed by atoms with Crippen LogP contribution < -0.4 is 0 Å². The summed E-state index contributed by atoms with van der Waals surface area (Å²) in [6.07, 6.45) is 17.3. The van der Waals surface area contributed by atoms with Crippen LogP contribution in [0.3, 0.4) is 0 Å². The Morgan fingerprint density at radius 3 is 1.97 bits per heavy atom. The van der Waals surface area contributed by atoms with Crippen molar-refractivity contribution in [2.24, 2.45) is 56.2 Å². The van der Waals surface area contributed by atoms with Crippen molar-refractivity contribution in [1.29, 1.82) is 0 Å². The molecule has 31 heavy (non-hydrogen) atoms. The molecule has 8 atom stereocenters. The summed E-state index contributed by atoms with van der Waals surface area (Å²) < 4.78 is 0. The van der Waals surface area contributed by atoms with Crippen LogP contribution in [0.4, 0.5) is 0 Å². The summed E-state index contributed by atoms with van der Waals surface area (Å²) in [4.78, 5) is 0. The monoisotopic (exact) mass is 424 g/mol. The Hall–Kier alpha value is -0.260. The average molecular weight is 425 g/mol. The maximum Gasteiger partial charge on any atom is -0.00770 e. The highest BCUT2D eigenvalue weighted by atomic mass is 14.7.